The summed E-state index contributed by atoms with van der Waals surface area (Å²) in [6, 6.07) is 6.89. The highest BCUT2D eigenvalue weighted by Crippen LogP contribution is 2.36. The number of amides is 1. The monoisotopic (exact) mass is 289 g/mol. The second-order valence-corrected chi connectivity index (χ2v) is 4.93. The van der Waals surface area contributed by atoms with E-state index in [4.69, 9.17) is 21.7 Å². The SMILES string of the molecule is CN1C(=O)C(C#N)C(c2ccc3c(c2)OCO3)NC1=S. The van der Waals surface area contributed by atoms with E-state index in [9.17, 15) is 10.1 Å². The number of nitriles is 1. The zero-order valence-corrected chi connectivity index (χ0v) is 11.4. The maximum atomic E-state index is 12.1. The van der Waals surface area contributed by atoms with Gasteiger partial charge in [0.25, 0.3) is 0 Å². The third-order valence-corrected chi connectivity index (χ3v) is 3.80. The molecule has 1 aromatic carbocycles. The third-order valence-electron chi connectivity index (χ3n) is 3.41. The lowest BCUT2D eigenvalue weighted by atomic mass is 9.91. The summed E-state index contributed by atoms with van der Waals surface area (Å²) in [5.41, 5.74) is 0.768. The minimum atomic E-state index is -0.827. The van der Waals surface area contributed by atoms with Gasteiger partial charge in [0.1, 0.15) is 5.92 Å². The molecule has 0 saturated carbocycles. The van der Waals surface area contributed by atoms with E-state index in [2.05, 4.69) is 5.32 Å². The average molecular weight is 289 g/mol. The highest BCUT2D eigenvalue weighted by atomic mass is 32.1. The average Bonchev–Trinajstić information content (AvgIpc) is 2.91. The smallest absolute Gasteiger partial charge is 0.248 e. The second kappa shape index (κ2) is 4.65. The summed E-state index contributed by atoms with van der Waals surface area (Å²) in [6.45, 7) is 0.179. The Morgan fingerprint density at radius 3 is 2.95 bits per heavy atom. The van der Waals surface area contributed by atoms with Crippen molar-refractivity contribution in [3.63, 3.8) is 0 Å². The number of fused-ring (bicyclic) bond motifs is 1. The first-order valence-corrected chi connectivity index (χ1v) is 6.40. The Balaban J connectivity index is 1.98. The summed E-state index contributed by atoms with van der Waals surface area (Å²) in [5, 5.41) is 12.6. The van der Waals surface area contributed by atoms with Crippen LogP contribution in [0, 0.1) is 17.2 Å². The molecule has 2 unspecified atom stereocenters. The number of hydrogen-bond donors (Lipinski definition) is 1. The zero-order valence-electron chi connectivity index (χ0n) is 10.6. The van der Waals surface area contributed by atoms with Gasteiger partial charge in [0.05, 0.1) is 12.1 Å². The van der Waals surface area contributed by atoms with E-state index in [-0.39, 0.29) is 12.7 Å². The van der Waals surface area contributed by atoms with E-state index in [0.717, 1.165) is 5.56 Å². The molecule has 2 heterocycles. The molecule has 6 nitrogen and oxygen atoms in total. The molecule has 20 heavy (non-hydrogen) atoms. The fourth-order valence-corrected chi connectivity index (χ4v) is 2.49. The molecule has 0 aromatic heterocycles. The van der Waals surface area contributed by atoms with Gasteiger partial charge >= 0.3 is 0 Å². The third kappa shape index (κ3) is 1.85. The van der Waals surface area contributed by atoms with Crippen LogP contribution in [0.3, 0.4) is 0 Å². The van der Waals surface area contributed by atoms with E-state index in [0.29, 0.717) is 16.6 Å². The zero-order chi connectivity index (χ0) is 14.3. The van der Waals surface area contributed by atoms with Gasteiger partial charge in [0.2, 0.25) is 12.7 Å². The molecule has 0 spiro atoms. The summed E-state index contributed by atoms with van der Waals surface area (Å²) >= 11 is 5.11. The number of ether oxygens (including phenoxy) is 2. The van der Waals surface area contributed by atoms with Gasteiger partial charge in [-0.25, -0.2) is 0 Å². The van der Waals surface area contributed by atoms with Crippen molar-refractivity contribution in [2.24, 2.45) is 5.92 Å². The first kappa shape index (κ1) is 12.7. The summed E-state index contributed by atoms with van der Waals surface area (Å²) in [4.78, 5) is 13.4. The maximum Gasteiger partial charge on any atom is 0.248 e. The summed E-state index contributed by atoms with van der Waals surface area (Å²) < 4.78 is 10.6. The predicted octanol–water partition coefficient (Wildman–Crippen LogP) is 0.943. The van der Waals surface area contributed by atoms with Crippen LogP contribution in [0.4, 0.5) is 0 Å². The molecule has 1 aromatic rings. The standard InChI is InChI=1S/C13H11N3O3S/c1-16-12(17)8(5-14)11(15-13(16)20)7-2-3-9-10(4-7)19-6-18-9/h2-4,8,11H,6H2,1H3,(H,15,20). The molecule has 0 aliphatic carbocycles. The molecule has 2 atom stereocenters. The fourth-order valence-electron chi connectivity index (χ4n) is 2.28. The van der Waals surface area contributed by atoms with Crippen LogP contribution in [0.25, 0.3) is 0 Å². The lowest BCUT2D eigenvalue weighted by molar-refractivity contribution is -0.130. The van der Waals surface area contributed by atoms with E-state index >= 15 is 0 Å². The van der Waals surface area contributed by atoms with Crippen LogP contribution >= 0.6 is 12.2 Å². The van der Waals surface area contributed by atoms with Crippen LogP contribution in [0.5, 0.6) is 11.5 Å². The normalized spacial score (nSPS) is 24.3. The van der Waals surface area contributed by atoms with Crippen molar-refractivity contribution >= 4 is 23.2 Å². The fraction of sp³-hybridized carbons (Fsp3) is 0.308. The Morgan fingerprint density at radius 2 is 2.20 bits per heavy atom. The lowest BCUT2D eigenvalue weighted by Gasteiger charge is -2.34. The molecule has 1 saturated heterocycles. The number of carbonyl (C=O) groups is 1. The molecule has 2 aliphatic rings. The number of nitrogens with one attached hydrogen (secondary N) is 1. The number of hydrogen-bond acceptors (Lipinski definition) is 5. The van der Waals surface area contributed by atoms with Gasteiger partial charge in [-0.3, -0.25) is 9.69 Å². The Bertz CT molecular complexity index is 640. The molecule has 1 amide bonds. The summed E-state index contributed by atoms with van der Waals surface area (Å²) in [5.74, 6) is 0.133. The van der Waals surface area contributed by atoms with Crippen LogP contribution < -0.4 is 14.8 Å². The minimum Gasteiger partial charge on any atom is -0.454 e. The van der Waals surface area contributed by atoms with E-state index < -0.39 is 12.0 Å². The molecular formula is C13H11N3O3S. The van der Waals surface area contributed by atoms with Gasteiger partial charge in [0, 0.05) is 7.05 Å². The number of rotatable bonds is 1. The Morgan fingerprint density at radius 1 is 1.45 bits per heavy atom. The maximum absolute atomic E-state index is 12.1. The predicted molar refractivity (Wildman–Crippen MR) is 72.9 cm³/mol. The van der Waals surface area contributed by atoms with Crippen LogP contribution in [0.15, 0.2) is 18.2 Å². The van der Waals surface area contributed by atoms with E-state index in [1.165, 1.54) is 4.90 Å². The van der Waals surface area contributed by atoms with Gasteiger partial charge < -0.3 is 14.8 Å². The molecule has 3 rings (SSSR count). The minimum absolute atomic E-state index is 0.179. The topological polar surface area (TPSA) is 74.6 Å². The van der Waals surface area contributed by atoms with Gasteiger partial charge in [-0.1, -0.05) is 6.07 Å². The van der Waals surface area contributed by atoms with Crippen LogP contribution in [-0.2, 0) is 4.79 Å². The molecule has 102 valence electrons. The molecule has 1 N–H and O–H groups in total. The van der Waals surface area contributed by atoms with Gasteiger partial charge in [-0.15, -0.1) is 0 Å². The molecule has 7 heteroatoms. The Labute approximate surface area is 120 Å². The first-order valence-electron chi connectivity index (χ1n) is 5.99. The molecule has 0 radical (unpaired) electrons. The quantitative estimate of drug-likeness (QED) is 0.776. The van der Waals surface area contributed by atoms with Crippen molar-refractivity contribution < 1.29 is 14.3 Å². The van der Waals surface area contributed by atoms with Crippen molar-refractivity contribution in [1.29, 1.82) is 5.26 Å². The second-order valence-electron chi connectivity index (χ2n) is 4.54. The van der Waals surface area contributed by atoms with Crippen LogP contribution in [0.2, 0.25) is 0 Å². The van der Waals surface area contributed by atoms with E-state index in [1.54, 1.807) is 25.2 Å². The number of carbonyl (C=O) groups excluding carboxylic acids is 1. The van der Waals surface area contributed by atoms with Crippen LogP contribution in [0.1, 0.15) is 11.6 Å². The molecule has 1 fully saturated rings. The summed E-state index contributed by atoms with van der Waals surface area (Å²) in [6.07, 6.45) is 0. The first-order chi connectivity index (χ1) is 9.61. The van der Waals surface area contributed by atoms with Crippen molar-refractivity contribution in [3.8, 4) is 17.6 Å². The van der Waals surface area contributed by atoms with Crippen molar-refractivity contribution in [2.45, 2.75) is 6.04 Å². The Hall–Kier alpha value is -2.33. The number of nitrogens with zero attached hydrogens (tertiary/aromatic N) is 2. The van der Waals surface area contributed by atoms with E-state index in [1.807, 2.05) is 6.07 Å². The Kier molecular flexibility index (Phi) is 2.95. The van der Waals surface area contributed by atoms with Crippen molar-refractivity contribution in [1.82, 2.24) is 10.2 Å². The lowest BCUT2D eigenvalue weighted by Crippen LogP contribution is -2.54. The van der Waals surface area contributed by atoms with Crippen molar-refractivity contribution in [3.05, 3.63) is 23.8 Å². The van der Waals surface area contributed by atoms with Gasteiger partial charge in [0.15, 0.2) is 16.6 Å². The molecular weight excluding hydrogens is 278 g/mol. The largest absolute Gasteiger partial charge is 0.454 e. The van der Waals surface area contributed by atoms with Gasteiger partial charge in [-0.2, -0.15) is 5.26 Å². The summed E-state index contributed by atoms with van der Waals surface area (Å²) in [7, 11) is 1.55. The number of benzene rings is 1. The van der Waals surface area contributed by atoms with Crippen molar-refractivity contribution in [2.75, 3.05) is 13.8 Å². The molecule has 2 aliphatic heterocycles. The highest BCUT2D eigenvalue weighted by molar-refractivity contribution is 7.80. The highest BCUT2D eigenvalue weighted by Gasteiger charge is 2.39. The number of thiocarbonyl (C=S) groups is 1. The van der Waals surface area contributed by atoms with Gasteiger partial charge in [-0.05, 0) is 29.9 Å². The molecule has 0 bridgehead atoms. The van der Waals surface area contributed by atoms with Crippen LogP contribution in [-0.4, -0.2) is 29.8 Å².